The summed E-state index contributed by atoms with van der Waals surface area (Å²) in [5.74, 6) is 0.0207. The number of halogens is 1. The van der Waals surface area contributed by atoms with Crippen LogP contribution in [0.4, 0.5) is 4.79 Å². The van der Waals surface area contributed by atoms with E-state index in [1.54, 1.807) is 0 Å². The third-order valence-electron chi connectivity index (χ3n) is 6.37. The Hall–Kier alpha value is -3.35. The van der Waals surface area contributed by atoms with Gasteiger partial charge < -0.3 is 10.1 Å². The van der Waals surface area contributed by atoms with E-state index in [1.165, 1.54) is 34.0 Å². The minimum atomic E-state index is -0.452. The summed E-state index contributed by atoms with van der Waals surface area (Å²) < 4.78 is 6.55. The average molecular weight is 558 g/mol. The summed E-state index contributed by atoms with van der Waals surface area (Å²) in [5, 5.41) is 2.91. The maximum atomic E-state index is 12.7. The van der Waals surface area contributed by atoms with Gasteiger partial charge in [-0.1, -0.05) is 94.4 Å². The highest BCUT2D eigenvalue weighted by Gasteiger charge is 2.29. The van der Waals surface area contributed by atoms with Gasteiger partial charge in [0.1, 0.15) is 6.61 Å². The highest BCUT2D eigenvalue weighted by molar-refractivity contribution is 9.10. The van der Waals surface area contributed by atoms with Crippen molar-refractivity contribution in [2.45, 2.75) is 29.2 Å². The molecule has 4 aromatic carbocycles. The molecule has 0 aromatic heterocycles. The van der Waals surface area contributed by atoms with Gasteiger partial charge in [-0.05, 0) is 58.5 Å². The molecule has 1 amide bonds. The molecule has 4 nitrogen and oxygen atoms in total. The number of carbonyl (C=O) groups excluding carboxylic acids is 2. The molecule has 0 radical (unpaired) electrons. The number of carbonyl (C=O) groups is 2. The fourth-order valence-corrected chi connectivity index (χ4v) is 6.09. The number of benzene rings is 4. The fourth-order valence-electron chi connectivity index (χ4n) is 4.63. The van der Waals surface area contributed by atoms with E-state index in [9.17, 15) is 9.59 Å². The van der Waals surface area contributed by atoms with Gasteiger partial charge >= 0.3 is 6.09 Å². The summed E-state index contributed by atoms with van der Waals surface area (Å²) in [7, 11) is 0. The first-order valence-electron chi connectivity index (χ1n) is 11.6. The topological polar surface area (TPSA) is 55.4 Å². The molecule has 0 heterocycles. The third-order valence-corrected chi connectivity index (χ3v) is 8.24. The van der Waals surface area contributed by atoms with Gasteiger partial charge in [0.2, 0.25) is 0 Å². The minimum absolute atomic E-state index is 0.0207. The molecule has 180 valence electrons. The zero-order valence-corrected chi connectivity index (χ0v) is 22.1. The van der Waals surface area contributed by atoms with Gasteiger partial charge in [0.05, 0.1) is 0 Å². The number of fused-ring (bicyclic) bond motifs is 3. The van der Waals surface area contributed by atoms with Crippen molar-refractivity contribution in [3.63, 3.8) is 0 Å². The Bertz CT molecular complexity index is 1410. The molecular weight excluding hydrogens is 534 g/mol. The largest absolute Gasteiger partial charge is 0.449 e. The number of hydrogen-bond acceptors (Lipinski definition) is 4. The summed E-state index contributed by atoms with van der Waals surface area (Å²) in [6, 6.07) is 28.2. The number of hydrogen-bond donors (Lipinski definition) is 1. The number of aryl methyl sites for hydroxylation is 1. The number of aldehydes is 1. The molecule has 0 bridgehead atoms. The monoisotopic (exact) mass is 557 g/mol. The van der Waals surface area contributed by atoms with Crippen LogP contribution in [0.1, 0.15) is 38.5 Å². The molecule has 1 aliphatic carbocycles. The van der Waals surface area contributed by atoms with Gasteiger partial charge in [0, 0.05) is 32.3 Å². The second-order valence-electron chi connectivity index (χ2n) is 8.64. The Morgan fingerprint density at radius 3 is 2.36 bits per heavy atom. The van der Waals surface area contributed by atoms with E-state index in [0.717, 1.165) is 31.7 Å². The molecule has 1 N–H and O–H groups in total. The zero-order valence-electron chi connectivity index (χ0n) is 19.7. The van der Waals surface area contributed by atoms with Crippen molar-refractivity contribution >= 4 is 40.1 Å². The van der Waals surface area contributed by atoms with Crippen molar-refractivity contribution < 1.29 is 14.3 Å². The standard InChI is InChI=1S/C30H24BrNO3S/c1-19-7-6-8-20(29(19)36-28-14-13-22(31)15-21(28)17-33)16-32-30(34)35-18-27-25-11-4-2-9-23(25)24-10-3-5-12-26(24)27/h2-15,17,27H,16,18H2,1H3,(H,32,34). The average Bonchev–Trinajstić information content (AvgIpc) is 3.22. The Kier molecular flexibility index (Phi) is 7.25. The minimum Gasteiger partial charge on any atom is -0.449 e. The smallest absolute Gasteiger partial charge is 0.407 e. The maximum Gasteiger partial charge on any atom is 0.407 e. The SMILES string of the molecule is Cc1cccc(CNC(=O)OCC2c3ccccc3-c3ccccc32)c1Sc1ccc(Br)cc1C=O. The van der Waals surface area contributed by atoms with Crippen LogP contribution in [0.15, 0.2) is 99.2 Å². The van der Waals surface area contributed by atoms with Crippen molar-refractivity contribution in [3.8, 4) is 11.1 Å². The number of rotatable bonds is 7. The van der Waals surface area contributed by atoms with E-state index >= 15 is 0 Å². The van der Waals surface area contributed by atoms with E-state index in [0.29, 0.717) is 12.1 Å². The van der Waals surface area contributed by atoms with Gasteiger partial charge in [-0.3, -0.25) is 4.79 Å². The van der Waals surface area contributed by atoms with E-state index in [4.69, 9.17) is 4.74 Å². The Balaban J connectivity index is 1.27. The molecule has 4 aromatic rings. The molecular formula is C30H24BrNO3S. The van der Waals surface area contributed by atoms with Crippen molar-refractivity contribution in [3.05, 3.63) is 117 Å². The Morgan fingerprint density at radius 1 is 0.972 bits per heavy atom. The van der Waals surface area contributed by atoms with Gasteiger partial charge in [0.25, 0.3) is 0 Å². The summed E-state index contributed by atoms with van der Waals surface area (Å²) in [5.41, 5.74) is 7.43. The first kappa shape index (κ1) is 24.3. The molecule has 0 fully saturated rings. The first-order valence-corrected chi connectivity index (χ1v) is 13.3. The lowest BCUT2D eigenvalue weighted by atomic mass is 9.98. The van der Waals surface area contributed by atoms with Crippen molar-refractivity contribution in [2.24, 2.45) is 0 Å². The lowest BCUT2D eigenvalue weighted by Crippen LogP contribution is -2.26. The van der Waals surface area contributed by atoms with Crippen LogP contribution in [0.5, 0.6) is 0 Å². The second-order valence-corrected chi connectivity index (χ2v) is 10.6. The molecule has 36 heavy (non-hydrogen) atoms. The quantitative estimate of drug-likeness (QED) is 0.236. The van der Waals surface area contributed by atoms with Crippen LogP contribution >= 0.6 is 27.7 Å². The van der Waals surface area contributed by atoms with E-state index in [1.807, 2.05) is 67.6 Å². The second kappa shape index (κ2) is 10.7. The first-order chi connectivity index (χ1) is 17.5. The van der Waals surface area contributed by atoms with E-state index in [2.05, 4.69) is 45.5 Å². The zero-order chi connectivity index (χ0) is 25.1. The molecule has 0 atom stereocenters. The Labute approximate surface area is 223 Å². The molecule has 0 saturated heterocycles. The summed E-state index contributed by atoms with van der Waals surface area (Å²) in [4.78, 5) is 26.2. The van der Waals surface area contributed by atoms with Crippen molar-refractivity contribution in [1.82, 2.24) is 5.32 Å². The van der Waals surface area contributed by atoms with Crippen LogP contribution < -0.4 is 5.32 Å². The molecule has 0 unspecified atom stereocenters. The van der Waals surface area contributed by atoms with Gasteiger partial charge in [-0.2, -0.15) is 0 Å². The summed E-state index contributed by atoms with van der Waals surface area (Å²) >= 11 is 4.95. The van der Waals surface area contributed by atoms with Crippen LogP contribution in [0.25, 0.3) is 11.1 Å². The van der Waals surface area contributed by atoms with Crippen LogP contribution in [-0.4, -0.2) is 19.0 Å². The summed E-state index contributed by atoms with van der Waals surface area (Å²) in [6.07, 6.45) is 0.409. The highest BCUT2D eigenvalue weighted by Crippen LogP contribution is 2.44. The number of amides is 1. The highest BCUT2D eigenvalue weighted by atomic mass is 79.9. The summed E-state index contributed by atoms with van der Waals surface area (Å²) in [6.45, 7) is 2.63. The van der Waals surface area contributed by atoms with E-state index in [-0.39, 0.29) is 12.5 Å². The number of nitrogens with one attached hydrogen (secondary N) is 1. The predicted octanol–water partition coefficient (Wildman–Crippen LogP) is 7.76. The number of alkyl carbamates (subject to hydrolysis) is 1. The van der Waals surface area contributed by atoms with Gasteiger partial charge in [-0.25, -0.2) is 4.79 Å². The normalized spacial score (nSPS) is 12.1. The maximum absolute atomic E-state index is 12.7. The lowest BCUT2D eigenvalue weighted by Gasteiger charge is -2.16. The Morgan fingerprint density at radius 2 is 1.67 bits per heavy atom. The fraction of sp³-hybridized carbons (Fsp3) is 0.133. The van der Waals surface area contributed by atoms with E-state index < -0.39 is 6.09 Å². The van der Waals surface area contributed by atoms with Gasteiger partial charge in [-0.15, -0.1) is 0 Å². The third kappa shape index (κ3) is 4.97. The number of ether oxygens (including phenoxy) is 1. The predicted molar refractivity (Wildman–Crippen MR) is 147 cm³/mol. The molecule has 5 rings (SSSR count). The van der Waals surface area contributed by atoms with Crippen LogP contribution in [0.2, 0.25) is 0 Å². The molecule has 1 aliphatic rings. The van der Waals surface area contributed by atoms with Crippen molar-refractivity contribution in [2.75, 3.05) is 6.61 Å². The molecule has 0 saturated carbocycles. The van der Waals surface area contributed by atoms with Crippen molar-refractivity contribution in [1.29, 1.82) is 0 Å². The molecule has 6 heteroatoms. The van der Waals surface area contributed by atoms with Crippen LogP contribution in [0, 0.1) is 6.92 Å². The van der Waals surface area contributed by atoms with Crippen LogP contribution in [-0.2, 0) is 11.3 Å². The lowest BCUT2D eigenvalue weighted by molar-refractivity contribution is 0.112. The van der Waals surface area contributed by atoms with Crippen LogP contribution in [0.3, 0.4) is 0 Å². The van der Waals surface area contributed by atoms with Gasteiger partial charge in [0.15, 0.2) is 6.29 Å². The molecule has 0 aliphatic heterocycles. The molecule has 0 spiro atoms.